The topological polar surface area (TPSA) is 127 Å². The van der Waals surface area contributed by atoms with Crippen LogP contribution in [0.15, 0.2) is 23.1 Å². The lowest BCUT2D eigenvalue weighted by atomic mass is 10.2. The molecule has 0 saturated carbocycles. The summed E-state index contributed by atoms with van der Waals surface area (Å²) in [6.45, 7) is 1.33. The van der Waals surface area contributed by atoms with E-state index in [2.05, 4.69) is 5.32 Å². The predicted octanol–water partition coefficient (Wildman–Crippen LogP) is 0.883. The van der Waals surface area contributed by atoms with Crippen LogP contribution in [0.25, 0.3) is 0 Å². The molecule has 0 aliphatic heterocycles. The number of carbonyl (C=O) groups is 1. The molecule has 0 saturated heterocycles. The van der Waals surface area contributed by atoms with E-state index in [1.54, 1.807) is 0 Å². The van der Waals surface area contributed by atoms with Gasteiger partial charge in [-0.1, -0.05) is 0 Å². The fourth-order valence-corrected chi connectivity index (χ4v) is 2.21. The summed E-state index contributed by atoms with van der Waals surface area (Å²) in [5.74, 6) is -1.17. The Morgan fingerprint density at radius 1 is 1.47 bits per heavy atom. The van der Waals surface area contributed by atoms with Gasteiger partial charge in [-0.2, -0.15) is 0 Å². The summed E-state index contributed by atoms with van der Waals surface area (Å²) in [4.78, 5) is 20.3. The van der Waals surface area contributed by atoms with Gasteiger partial charge in [0.15, 0.2) is 9.84 Å². The highest BCUT2D eigenvalue weighted by Crippen LogP contribution is 2.26. The Bertz CT molecular complexity index is 625. The van der Waals surface area contributed by atoms with Crippen LogP contribution < -0.4 is 5.32 Å². The van der Waals surface area contributed by atoms with E-state index >= 15 is 0 Å². The van der Waals surface area contributed by atoms with E-state index in [0.717, 1.165) is 18.4 Å². The standard InChI is InChI=1S/C10H12N2O6S/c1-6(10(13)14)11-8-4-3-7(12(15)16)5-9(8)19(2,17)18/h3-6,11H,1-2H3,(H,13,14)/t6-/m0/s1. The Morgan fingerprint density at radius 3 is 2.47 bits per heavy atom. The van der Waals surface area contributed by atoms with Gasteiger partial charge >= 0.3 is 5.97 Å². The van der Waals surface area contributed by atoms with Crippen LogP contribution >= 0.6 is 0 Å². The van der Waals surface area contributed by atoms with Crippen molar-refractivity contribution in [3.05, 3.63) is 28.3 Å². The lowest BCUT2D eigenvalue weighted by Gasteiger charge is -2.13. The summed E-state index contributed by atoms with van der Waals surface area (Å²) in [6, 6.07) is 2.15. The van der Waals surface area contributed by atoms with Crippen molar-refractivity contribution in [2.75, 3.05) is 11.6 Å². The van der Waals surface area contributed by atoms with Gasteiger partial charge in [0, 0.05) is 18.4 Å². The van der Waals surface area contributed by atoms with Gasteiger partial charge in [-0.05, 0) is 13.0 Å². The van der Waals surface area contributed by atoms with E-state index in [1.807, 2.05) is 0 Å². The zero-order valence-electron chi connectivity index (χ0n) is 10.2. The molecule has 9 heteroatoms. The number of nitrogens with one attached hydrogen (secondary N) is 1. The first-order valence-electron chi connectivity index (χ1n) is 5.10. The molecule has 1 aromatic carbocycles. The fourth-order valence-electron chi connectivity index (χ4n) is 1.35. The summed E-state index contributed by atoms with van der Waals surface area (Å²) >= 11 is 0. The van der Waals surface area contributed by atoms with E-state index < -0.39 is 26.8 Å². The summed E-state index contributed by atoms with van der Waals surface area (Å²) < 4.78 is 23.1. The Kier molecular flexibility index (Phi) is 4.10. The first-order chi connectivity index (χ1) is 8.62. The van der Waals surface area contributed by atoms with E-state index in [4.69, 9.17) is 5.11 Å². The van der Waals surface area contributed by atoms with Crippen molar-refractivity contribution in [3.8, 4) is 0 Å². The Hall–Kier alpha value is -2.16. The van der Waals surface area contributed by atoms with Crippen LogP contribution in [0.5, 0.6) is 0 Å². The maximum Gasteiger partial charge on any atom is 0.325 e. The van der Waals surface area contributed by atoms with Gasteiger partial charge in [-0.25, -0.2) is 8.42 Å². The number of nitro groups is 1. The van der Waals surface area contributed by atoms with Crippen LogP contribution in [0.2, 0.25) is 0 Å². The molecule has 104 valence electrons. The summed E-state index contributed by atoms with van der Waals surface area (Å²) in [5, 5.41) is 21.9. The van der Waals surface area contributed by atoms with E-state index in [9.17, 15) is 23.3 Å². The van der Waals surface area contributed by atoms with Crippen LogP contribution in [0, 0.1) is 10.1 Å². The van der Waals surface area contributed by atoms with Gasteiger partial charge in [0.25, 0.3) is 5.69 Å². The number of hydrogen-bond donors (Lipinski definition) is 2. The molecule has 0 amide bonds. The van der Waals surface area contributed by atoms with E-state index in [0.29, 0.717) is 0 Å². The third-order valence-corrected chi connectivity index (χ3v) is 3.45. The summed E-state index contributed by atoms with van der Waals surface area (Å²) in [5.41, 5.74) is -0.364. The number of benzene rings is 1. The van der Waals surface area contributed by atoms with Crippen molar-refractivity contribution in [2.24, 2.45) is 0 Å². The average molecular weight is 288 g/mol. The quantitative estimate of drug-likeness (QED) is 0.608. The van der Waals surface area contributed by atoms with Crippen molar-refractivity contribution in [3.63, 3.8) is 0 Å². The highest BCUT2D eigenvalue weighted by atomic mass is 32.2. The Balaban J connectivity index is 3.32. The SMILES string of the molecule is C[C@H](Nc1ccc([N+](=O)[O-])cc1S(C)(=O)=O)C(=O)O. The molecule has 0 aromatic heterocycles. The van der Waals surface area contributed by atoms with Crippen LogP contribution in [-0.4, -0.2) is 36.7 Å². The third-order valence-electron chi connectivity index (χ3n) is 2.32. The van der Waals surface area contributed by atoms with Gasteiger partial charge < -0.3 is 10.4 Å². The molecule has 19 heavy (non-hydrogen) atoms. The van der Waals surface area contributed by atoms with Crippen molar-refractivity contribution in [1.29, 1.82) is 0 Å². The highest BCUT2D eigenvalue weighted by molar-refractivity contribution is 7.90. The van der Waals surface area contributed by atoms with E-state index in [1.165, 1.54) is 13.0 Å². The van der Waals surface area contributed by atoms with E-state index in [-0.39, 0.29) is 16.3 Å². The van der Waals surface area contributed by atoms with Crippen molar-refractivity contribution >= 4 is 27.2 Å². The number of nitrogens with zero attached hydrogens (tertiary/aromatic N) is 1. The van der Waals surface area contributed by atoms with Crippen molar-refractivity contribution in [1.82, 2.24) is 0 Å². The molecule has 0 aliphatic carbocycles. The molecular formula is C10H12N2O6S. The number of carboxylic acids is 1. The van der Waals surface area contributed by atoms with Gasteiger partial charge in [-0.3, -0.25) is 14.9 Å². The zero-order chi connectivity index (χ0) is 14.8. The maximum atomic E-state index is 11.6. The number of carboxylic acid groups (broad SMARTS) is 1. The number of rotatable bonds is 5. The first-order valence-corrected chi connectivity index (χ1v) is 7.00. The normalized spacial score (nSPS) is 12.7. The minimum Gasteiger partial charge on any atom is -0.480 e. The molecular weight excluding hydrogens is 276 g/mol. The Labute approximate surface area is 109 Å². The molecule has 0 radical (unpaired) electrons. The Morgan fingerprint density at radius 2 is 2.05 bits per heavy atom. The number of nitro benzene ring substituents is 1. The maximum absolute atomic E-state index is 11.6. The minimum atomic E-state index is -3.72. The van der Waals surface area contributed by atoms with Gasteiger partial charge in [-0.15, -0.1) is 0 Å². The predicted molar refractivity (Wildman–Crippen MR) is 66.9 cm³/mol. The summed E-state index contributed by atoms with van der Waals surface area (Å²) in [6.07, 6.45) is 0.892. The van der Waals surface area contributed by atoms with Crippen molar-refractivity contribution in [2.45, 2.75) is 17.9 Å². The van der Waals surface area contributed by atoms with Crippen LogP contribution in [0.4, 0.5) is 11.4 Å². The molecule has 0 spiro atoms. The number of anilines is 1. The minimum absolute atomic E-state index is 0.0167. The number of sulfone groups is 1. The first kappa shape index (κ1) is 14.9. The zero-order valence-corrected chi connectivity index (χ0v) is 11.0. The summed E-state index contributed by atoms with van der Waals surface area (Å²) in [7, 11) is -3.72. The lowest BCUT2D eigenvalue weighted by molar-refractivity contribution is -0.385. The largest absolute Gasteiger partial charge is 0.480 e. The second-order valence-electron chi connectivity index (χ2n) is 3.91. The van der Waals surface area contributed by atoms with Crippen molar-refractivity contribution < 1.29 is 23.2 Å². The molecule has 0 fully saturated rings. The number of non-ortho nitro benzene ring substituents is 1. The molecule has 0 unspecified atom stereocenters. The third kappa shape index (κ3) is 3.65. The monoisotopic (exact) mass is 288 g/mol. The van der Waals surface area contributed by atoms with Gasteiger partial charge in [0.2, 0.25) is 0 Å². The molecule has 8 nitrogen and oxygen atoms in total. The molecule has 0 heterocycles. The van der Waals surface area contributed by atoms with Crippen LogP contribution in [0.1, 0.15) is 6.92 Å². The average Bonchev–Trinajstić information content (AvgIpc) is 2.27. The lowest BCUT2D eigenvalue weighted by Crippen LogP contribution is -2.26. The molecule has 1 atom stereocenters. The van der Waals surface area contributed by atoms with Gasteiger partial charge in [0.1, 0.15) is 6.04 Å². The molecule has 0 aliphatic rings. The van der Waals surface area contributed by atoms with Crippen LogP contribution in [-0.2, 0) is 14.6 Å². The molecule has 0 bridgehead atoms. The number of hydrogen-bond acceptors (Lipinski definition) is 6. The smallest absolute Gasteiger partial charge is 0.325 e. The fraction of sp³-hybridized carbons (Fsp3) is 0.300. The van der Waals surface area contributed by atoms with Gasteiger partial charge in [0.05, 0.1) is 15.5 Å². The number of aliphatic carboxylic acids is 1. The molecule has 1 rings (SSSR count). The second kappa shape index (κ2) is 5.22. The molecule has 2 N–H and O–H groups in total. The molecule has 1 aromatic rings. The van der Waals surface area contributed by atoms with Crippen LogP contribution in [0.3, 0.4) is 0 Å². The second-order valence-corrected chi connectivity index (χ2v) is 5.90. The highest BCUT2D eigenvalue weighted by Gasteiger charge is 2.21.